The Morgan fingerprint density at radius 1 is 1.25 bits per heavy atom. The highest BCUT2D eigenvalue weighted by Gasteiger charge is 2.32. The van der Waals surface area contributed by atoms with Gasteiger partial charge in [0.2, 0.25) is 0 Å². The molecule has 3 heterocycles. The molecule has 1 amide bonds. The molecule has 2 aliphatic rings. The van der Waals surface area contributed by atoms with E-state index in [1.54, 1.807) is 12.4 Å². The molecule has 0 bridgehead atoms. The van der Waals surface area contributed by atoms with Crippen LogP contribution in [-0.2, 0) is 6.54 Å². The molecule has 28 heavy (non-hydrogen) atoms. The van der Waals surface area contributed by atoms with Crippen molar-refractivity contribution in [2.45, 2.75) is 25.4 Å². The van der Waals surface area contributed by atoms with Crippen molar-refractivity contribution >= 4 is 29.3 Å². The van der Waals surface area contributed by atoms with E-state index in [4.69, 9.17) is 11.6 Å². The highest BCUT2D eigenvalue weighted by Crippen LogP contribution is 2.37. The lowest BCUT2D eigenvalue weighted by Crippen LogP contribution is -2.24. The van der Waals surface area contributed by atoms with Crippen molar-refractivity contribution in [2.75, 3.05) is 4.90 Å². The average Bonchev–Trinajstić information content (AvgIpc) is 3.32. The minimum atomic E-state index is -1.13. The van der Waals surface area contributed by atoms with Gasteiger partial charge in [-0.2, -0.15) is 0 Å². The molecule has 3 aromatic rings. The number of rotatable bonds is 4. The van der Waals surface area contributed by atoms with Gasteiger partial charge in [-0.15, -0.1) is 10.2 Å². The quantitative estimate of drug-likeness (QED) is 0.728. The normalized spacial score (nSPS) is 15.8. The Kier molecular flexibility index (Phi) is 3.70. The van der Waals surface area contributed by atoms with Crippen molar-refractivity contribution in [1.82, 2.24) is 19.7 Å². The molecule has 2 aromatic heterocycles. The van der Waals surface area contributed by atoms with Crippen LogP contribution >= 0.6 is 11.6 Å². The first kappa shape index (κ1) is 16.9. The lowest BCUT2D eigenvalue weighted by Gasteiger charge is -2.15. The molecule has 1 aromatic carbocycles. The number of pyridine rings is 1. The number of anilines is 1. The third-order valence-corrected chi connectivity index (χ3v) is 5.29. The predicted octanol–water partition coefficient (Wildman–Crippen LogP) is 3.19. The third kappa shape index (κ3) is 2.65. The number of aromatic nitrogens is 4. The number of carboxylic acid groups (broad SMARTS) is 1. The predicted molar refractivity (Wildman–Crippen MR) is 100 cm³/mol. The first-order valence-electron chi connectivity index (χ1n) is 8.77. The molecule has 0 radical (unpaired) electrons. The lowest BCUT2D eigenvalue weighted by atomic mass is 10.1. The summed E-state index contributed by atoms with van der Waals surface area (Å²) in [6, 6.07) is 8.66. The monoisotopic (exact) mass is 395 g/mol. The zero-order valence-electron chi connectivity index (χ0n) is 14.5. The molecule has 0 unspecified atom stereocenters. The Hall–Kier alpha value is -3.26. The Bertz CT molecular complexity index is 1140. The highest BCUT2D eigenvalue weighted by molar-refractivity contribution is 6.34. The Morgan fingerprint density at radius 2 is 2.07 bits per heavy atom. The fourth-order valence-electron chi connectivity index (χ4n) is 3.43. The second kappa shape index (κ2) is 6.13. The molecule has 0 atom stereocenters. The molecular formula is C19H14ClN5O3. The number of carboxylic acids is 1. The molecule has 1 aliphatic carbocycles. The molecule has 1 aliphatic heterocycles. The van der Waals surface area contributed by atoms with Crippen molar-refractivity contribution in [3.63, 3.8) is 0 Å². The molecule has 0 spiro atoms. The number of carbonyl (C=O) groups is 2. The maximum absolute atomic E-state index is 12.9. The van der Waals surface area contributed by atoms with Crippen LogP contribution in [0.4, 0.5) is 5.82 Å². The fraction of sp³-hybridized carbons (Fsp3) is 0.211. The Morgan fingerprint density at radius 3 is 2.82 bits per heavy atom. The number of hydrogen-bond acceptors (Lipinski definition) is 5. The summed E-state index contributed by atoms with van der Waals surface area (Å²) in [5.41, 5.74) is 1.62. The van der Waals surface area contributed by atoms with E-state index in [1.165, 1.54) is 17.0 Å². The van der Waals surface area contributed by atoms with E-state index in [2.05, 4.69) is 15.2 Å². The fourth-order valence-corrected chi connectivity index (χ4v) is 3.67. The van der Waals surface area contributed by atoms with Crippen molar-refractivity contribution in [1.29, 1.82) is 0 Å². The van der Waals surface area contributed by atoms with Crippen LogP contribution in [0.3, 0.4) is 0 Å². The number of halogens is 1. The van der Waals surface area contributed by atoms with Crippen LogP contribution in [0.1, 0.15) is 45.2 Å². The highest BCUT2D eigenvalue weighted by atomic mass is 35.5. The van der Waals surface area contributed by atoms with E-state index in [0.29, 0.717) is 34.5 Å². The van der Waals surface area contributed by atoms with E-state index >= 15 is 0 Å². The topological polar surface area (TPSA) is 101 Å². The number of fused-ring (bicyclic) bond motifs is 1. The molecular weight excluding hydrogens is 382 g/mol. The van der Waals surface area contributed by atoms with Crippen LogP contribution in [0, 0.1) is 0 Å². The number of carbonyl (C=O) groups excluding carboxylic acids is 1. The first-order chi connectivity index (χ1) is 13.5. The number of nitrogens with zero attached hydrogens (tertiary/aromatic N) is 5. The van der Waals surface area contributed by atoms with Crippen molar-refractivity contribution in [3.8, 4) is 11.5 Å². The van der Waals surface area contributed by atoms with Gasteiger partial charge in [-0.3, -0.25) is 9.69 Å². The summed E-state index contributed by atoms with van der Waals surface area (Å²) in [6.07, 6.45) is 3.89. The van der Waals surface area contributed by atoms with E-state index in [-0.39, 0.29) is 23.0 Å². The molecule has 1 saturated carbocycles. The molecule has 9 heteroatoms. The molecule has 140 valence electrons. The van der Waals surface area contributed by atoms with Gasteiger partial charge in [0.05, 0.1) is 17.1 Å². The van der Waals surface area contributed by atoms with E-state index in [1.807, 2.05) is 16.7 Å². The van der Waals surface area contributed by atoms with Crippen LogP contribution in [0.15, 0.2) is 36.7 Å². The average molecular weight is 396 g/mol. The minimum Gasteiger partial charge on any atom is -0.478 e. The smallest absolute Gasteiger partial charge is 0.337 e. The zero-order chi connectivity index (χ0) is 19.4. The Balaban J connectivity index is 1.51. The van der Waals surface area contributed by atoms with E-state index in [0.717, 1.165) is 12.8 Å². The Labute approximate surface area is 164 Å². The molecule has 5 rings (SSSR count). The number of amides is 1. The van der Waals surface area contributed by atoms with Crippen LogP contribution in [0.2, 0.25) is 5.02 Å². The number of benzene rings is 1. The lowest BCUT2D eigenvalue weighted by molar-refractivity contribution is 0.0696. The molecule has 8 nitrogen and oxygen atoms in total. The van der Waals surface area contributed by atoms with Gasteiger partial charge in [0.1, 0.15) is 17.8 Å². The van der Waals surface area contributed by atoms with Crippen LogP contribution in [0.5, 0.6) is 0 Å². The third-order valence-electron chi connectivity index (χ3n) is 4.98. The maximum Gasteiger partial charge on any atom is 0.337 e. The van der Waals surface area contributed by atoms with Gasteiger partial charge in [-0.25, -0.2) is 9.78 Å². The van der Waals surface area contributed by atoms with Crippen LogP contribution < -0.4 is 4.90 Å². The number of aromatic carboxylic acids is 1. The minimum absolute atomic E-state index is 0.0192. The second-order valence-electron chi connectivity index (χ2n) is 6.86. The molecule has 1 N–H and O–H groups in total. The van der Waals surface area contributed by atoms with Gasteiger partial charge in [-0.05, 0) is 42.7 Å². The van der Waals surface area contributed by atoms with Crippen LogP contribution in [0.25, 0.3) is 11.5 Å². The van der Waals surface area contributed by atoms with Gasteiger partial charge in [-0.1, -0.05) is 17.7 Å². The van der Waals surface area contributed by atoms with Gasteiger partial charge in [0.25, 0.3) is 5.91 Å². The zero-order valence-corrected chi connectivity index (χ0v) is 15.3. The second-order valence-corrected chi connectivity index (χ2v) is 7.27. The maximum atomic E-state index is 12.9. The van der Waals surface area contributed by atoms with Gasteiger partial charge >= 0.3 is 5.97 Å². The van der Waals surface area contributed by atoms with E-state index < -0.39 is 5.97 Å². The molecule has 1 fully saturated rings. The summed E-state index contributed by atoms with van der Waals surface area (Å²) < 4.78 is 2.01. The summed E-state index contributed by atoms with van der Waals surface area (Å²) in [6.45, 7) is 0.234. The summed E-state index contributed by atoms with van der Waals surface area (Å²) in [4.78, 5) is 30.3. The van der Waals surface area contributed by atoms with Gasteiger partial charge in [0.15, 0.2) is 5.82 Å². The van der Waals surface area contributed by atoms with Crippen LogP contribution in [-0.4, -0.2) is 36.7 Å². The largest absolute Gasteiger partial charge is 0.478 e. The van der Waals surface area contributed by atoms with Crippen molar-refractivity contribution in [3.05, 3.63) is 58.4 Å². The summed E-state index contributed by atoms with van der Waals surface area (Å²) in [5.74, 6) is -0.248. The van der Waals surface area contributed by atoms with Crippen molar-refractivity contribution in [2.24, 2.45) is 0 Å². The number of hydrogen-bond donors (Lipinski definition) is 1. The standard InChI is InChI=1S/C19H14ClN5O3/c20-14-7-12-10(6-13(14)19(27)28)8-24(18(12)26)16-3-1-2-15(22-16)17-23-21-9-25(17)11-4-5-11/h1-3,6-7,9,11H,4-5,8H2,(H,27,28). The van der Waals surface area contributed by atoms with Crippen molar-refractivity contribution < 1.29 is 14.7 Å². The summed E-state index contributed by atoms with van der Waals surface area (Å²) in [7, 11) is 0. The van der Waals surface area contributed by atoms with Gasteiger partial charge in [0, 0.05) is 11.6 Å². The summed E-state index contributed by atoms with van der Waals surface area (Å²) >= 11 is 6.02. The molecule has 0 saturated heterocycles. The van der Waals surface area contributed by atoms with E-state index in [9.17, 15) is 14.7 Å². The SMILES string of the molecule is O=C(O)c1cc2c(cc1Cl)C(=O)N(c1cccc(-c3nncn3C3CC3)n1)C2. The first-order valence-corrected chi connectivity index (χ1v) is 9.15. The summed E-state index contributed by atoms with van der Waals surface area (Å²) in [5, 5.41) is 17.5. The van der Waals surface area contributed by atoms with Gasteiger partial charge < -0.3 is 9.67 Å².